The van der Waals surface area contributed by atoms with Gasteiger partial charge in [0.1, 0.15) is 5.75 Å². The number of pyridine rings is 1. The highest BCUT2D eigenvalue weighted by molar-refractivity contribution is 5.97. The third-order valence-electron chi connectivity index (χ3n) is 2.37. The molecule has 1 aromatic heterocycles. The number of aromatic nitrogens is 1. The number of hydrogen-bond acceptors (Lipinski definition) is 3. The standard InChI is InChI=1S/C11H6F3NO3/c12-11(13,14)7-4-5(10(17)18)3-6-8(16)1-2-15-9(6)7/h1-4H,(H,15,16)(H,17,18). The Hall–Kier alpha value is -2.31. The van der Waals surface area contributed by atoms with Gasteiger partial charge in [0, 0.05) is 11.6 Å². The van der Waals surface area contributed by atoms with E-state index in [2.05, 4.69) is 4.98 Å². The van der Waals surface area contributed by atoms with Crippen LogP contribution in [0, 0.1) is 0 Å². The molecule has 0 bridgehead atoms. The number of rotatable bonds is 1. The van der Waals surface area contributed by atoms with E-state index in [1.807, 2.05) is 0 Å². The van der Waals surface area contributed by atoms with Crippen molar-refractivity contribution in [1.82, 2.24) is 4.98 Å². The smallest absolute Gasteiger partial charge is 0.418 e. The molecule has 2 aromatic rings. The summed E-state index contributed by atoms with van der Waals surface area (Å²) in [7, 11) is 0. The number of nitrogens with zero attached hydrogens (tertiary/aromatic N) is 1. The van der Waals surface area contributed by atoms with Crippen LogP contribution in [0.1, 0.15) is 15.9 Å². The number of hydrogen-bond donors (Lipinski definition) is 2. The molecule has 94 valence electrons. The van der Waals surface area contributed by atoms with E-state index < -0.39 is 34.5 Å². The Morgan fingerprint density at radius 3 is 2.50 bits per heavy atom. The SMILES string of the molecule is O=C(O)c1cc(C(F)(F)F)c2nccc(O)c2c1. The lowest BCUT2D eigenvalue weighted by Gasteiger charge is -2.11. The molecule has 1 aromatic carbocycles. The van der Waals surface area contributed by atoms with Gasteiger partial charge < -0.3 is 10.2 Å². The van der Waals surface area contributed by atoms with Gasteiger partial charge in [0.25, 0.3) is 0 Å². The molecule has 2 rings (SSSR count). The molecular weight excluding hydrogens is 251 g/mol. The molecule has 4 nitrogen and oxygen atoms in total. The lowest BCUT2D eigenvalue weighted by molar-refractivity contribution is -0.136. The lowest BCUT2D eigenvalue weighted by atomic mass is 10.0. The van der Waals surface area contributed by atoms with E-state index in [4.69, 9.17) is 5.11 Å². The molecular formula is C11H6F3NO3. The zero-order valence-corrected chi connectivity index (χ0v) is 8.69. The zero-order valence-electron chi connectivity index (χ0n) is 8.69. The second-order valence-corrected chi connectivity index (χ2v) is 3.55. The van der Waals surface area contributed by atoms with E-state index in [9.17, 15) is 23.1 Å². The zero-order chi connectivity index (χ0) is 13.5. The molecule has 0 radical (unpaired) electrons. The van der Waals surface area contributed by atoms with Gasteiger partial charge in [0.2, 0.25) is 0 Å². The third-order valence-corrected chi connectivity index (χ3v) is 2.37. The van der Waals surface area contributed by atoms with Crippen molar-refractivity contribution in [3.05, 3.63) is 35.5 Å². The number of alkyl halides is 3. The summed E-state index contributed by atoms with van der Waals surface area (Å²) in [5, 5.41) is 18.0. The van der Waals surface area contributed by atoms with E-state index in [1.54, 1.807) is 0 Å². The van der Waals surface area contributed by atoms with Crippen LogP contribution < -0.4 is 0 Å². The highest BCUT2D eigenvalue weighted by Crippen LogP contribution is 2.37. The summed E-state index contributed by atoms with van der Waals surface area (Å²) >= 11 is 0. The van der Waals surface area contributed by atoms with E-state index in [0.717, 1.165) is 18.3 Å². The van der Waals surface area contributed by atoms with Gasteiger partial charge in [-0.3, -0.25) is 4.98 Å². The number of carboxylic acids is 1. The summed E-state index contributed by atoms with van der Waals surface area (Å²) in [4.78, 5) is 14.3. The highest BCUT2D eigenvalue weighted by atomic mass is 19.4. The summed E-state index contributed by atoms with van der Waals surface area (Å²) in [6.07, 6.45) is -3.72. The van der Waals surface area contributed by atoms with Gasteiger partial charge >= 0.3 is 12.1 Å². The summed E-state index contributed by atoms with van der Waals surface area (Å²) < 4.78 is 38.3. The lowest BCUT2D eigenvalue weighted by Crippen LogP contribution is -2.09. The van der Waals surface area contributed by atoms with E-state index >= 15 is 0 Å². The fraction of sp³-hybridized carbons (Fsp3) is 0.0909. The molecule has 0 aliphatic rings. The first-order valence-electron chi connectivity index (χ1n) is 4.73. The van der Waals surface area contributed by atoms with Crippen LogP contribution >= 0.6 is 0 Å². The fourth-order valence-corrected chi connectivity index (χ4v) is 1.58. The van der Waals surface area contributed by atoms with Gasteiger partial charge in [-0.2, -0.15) is 13.2 Å². The fourth-order valence-electron chi connectivity index (χ4n) is 1.58. The largest absolute Gasteiger partial charge is 0.507 e. The van der Waals surface area contributed by atoms with E-state index in [0.29, 0.717) is 6.07 Å². The first-order chi connectivity index (χ1) is 8.30. The molecule has 2 N–H and O–H groups in total. The molecule has 0 aliphatic carbocycles. The average Bonchev–Trinajstić information content (AvgIpc) is 2.27. The predicted octanol–water partition coefficient (Wildman–Crippen LogP) is 2.66. The van der Waals surface area contributed by atoms with Crippen molar-refractivity contribution >= 4 is 16.9 Å². The topological polar surface area (TPSA) is 70.4 Å². The van der Waals surface area contributed by atoms with Crippen molar-refractivity contribution in [2.75, 3.05) is 0 Å². The number of carbonyl (C=O) groups is 1. The molecule has 0 aliphatic heterocycles. The van der Waals surface area contributed by atoms with Gasteiger partial charge in [0.15, 0.2) is 0 Å². The third kappa shape index (κ3) is 1.94. The van der Waals surface area contributed by atoms with Crippen molar-refractivity contribution in [2.24, 2.45) is 0 Å². The Balaban J connectivity index is 2.91. The van der Waals surface area contributed by atoms with Crippen molar-refractivity contribution < 1.29 is 28.2 Å². The maximum Gasteiger partial charge on any atom is 0.418 e. The van der Waals surface area contributed by atoms with Gasteiger partial charge in [0.05, 0.1) is 16.6 Å². The number of aromatic hydroxyl groups is 1. The number of carboxylic acid groups (broad SMARTS) is 1. The van der Waals surface area contributed by atoms with Crippen molar-refractivity contribution in [3.63, 3.8) is 0 Å². The Bertz CT molecular complexity index is 637. The van der Waals surface area contributed by atoms with Gasteiger partial charge in [-0.1, -0.05) is 0 Å². The van der Waals surface area contributed by atoms with Crippen LogP contribution in [-0.2, 0) is 6.18 Å². The monoisotopic (exact) mass is 257 g/mol. The van der Waals surface area contributed by atoms with Gasteiger partial charge in [-0.15, -0.1) is 0 Å². The molecule has 0 amide bonds. The number of halogens is 3. The van der Waals surface area contributed by atoms with Crippen LogP contribution in [0.2, 0.25) is 0 Å². The van der Waals surface area contributed by atoms with E-state index in [-0.39, 0.29) is 5.39 Å². The molecule has 18 heavy (non-hydrogen) atoms. The Labute approximate surface area is 98.3 Å². The first kappa shape index (κ1) is 12.2. The normalized spacial score (nSPS) is 11.7. The number of aromatic carboxylic acids is 1. The molecule has 0 atom stereocenters. The van der Waals surface area contributed by atoms with Crippen LogP contribution in [0.25, 0.3) is 10.9 Å². The maximum absolute atomic E-state index is 12.8. The summed E-state index contributed by atoms with van der Waals surface area (Å²) in [5.74, 6) is -1.96. The highest BCUT2D eigenvalue weighted by Gasteiger charge is 2.34. The Morgan fingerprint density at radius 2 is 1.94 bits per heavy atom. The maximum atomic E-state index is 12.8. The molecule has 0 spiro atoms. The first-order valence-corrected chi connectivity index (χ1v) is 4.73. The minimum Gasteiger partial charge on any atom is -0.507 e. The van der Waals surface area contributed by atoms with Crippen LogP contribution in [0.4, 0.5) is 13.2 Å². The van der Waals surface area contributed by atoms with E-state index in [1.165, 1.54) is 0 Å². The molecule has 7 heteroatoms. The summed E-state index contributed by atoms with van der Waals surface area (Å²) in [5.41, 5.74) is -2.22. The molecule has 0 saturated carbocycles. The van der Waals surface area contributed by atoms with Crippen molar-refractivity contribution in [3.8, 4) is 5.75 Å². The van der Waals surface area contributed by atoms with Gasteiger partial charge in [-0.05, 0) is 18.2 Å². The second kappa shape index (κ2) is 3.86. The number of fused-ring (bicyclic) bond motifs is 1. The van der Waals surface area contributed by atoms with Crippen molar-refractivity contribution in [2.45, 2.75) is 6.18 Å². The van der Waals surface area contributed by atoms with Crippen LogP contribution in [-0.4, -0.2) is 21.2 Å². The molecule has 1 heterocycles. The minimum atomic E-state index is -4.75. The van der Waals surface area contributed by atoms with Crippen LogP contribution in [0.5, 0.6) is 5.75 Å². The van der Waals surface area contributed by atoms with Crippen LogP contribution in [0.15, 0.2) is 24.4 Å². The average molecular weight is 257 g/mol. The van der Waals surface area contributed by atoms with Crippen LogP contribution in [0.3, 0.4) is 0 Å². The molecule has 0 fully saturated rings. The van der Waals surface area contributed by atoms with Gasteiger partial charge in [-0.25, -0.2) is 4.79 Å². The summed E-state index contributed by atoms with van der Waals surface area (Å²) in [6, 6.07) is 2.54. The Kier molecular flexibility index (Phi) is 2.61. The molecule has 0 saturated heterocycles. The minimum absolute atomic E-state index is 0.246. The number of benzene rings is 1. The van der Waals surface area contributed by atoms with Crippen molar-refractivity contribution in [1.29, 1.82) is 0 Å². The Morgan fingerprint density at radius 1 is 1.28 bits per heavy atom. The quantitative estimate of drug-likeness (QED) is 0.823. The molecule has 0 unspecified atom stereocenters. The predicted molar refractivity (Wildman–Crippen MR) is 55.4 cm³/mol. The second-order valence-electron chi connectivity index (χ2n) is 3.55. The summed E-state index contributed by atoms with van der Waals surface area (Å²) in [6.45, 7) is 0.